The summed E-state index contributed by atoms with van der Waals surface area (Å²) in [5, 5.41) is 0. The zero-order valence-electron chi connectivity index (χ0n) is 8.47. The minimum absolute atomic E-state index is 0.0103. The molecule has 1 fully saturated rings. The lowest BCUT2D eigenvalue weighted by Gasteiger charge is -2.26. The van der Waals surface area contributed by atoms with Gasteiger partial charge < -0.3 is 14.5 Å². The molecule has 0 radical (unpaired) electrons. The first-order valence-electron chi connectivity index (χ1n) is 5.32. The summed E-state index contributed by atoms with van der Waals surface area (Å²) in [6, 6.07) is 5.67. The van der Waals surface area contributed by atoms with Gasteiger partial charge in [0, 0.05) is 0 Å². The summed E-state index contributed by atoms with van der Waals surface area (Å²) in [6.07, 6.45) is -0.0356. The zero-order valence-corrected chi connectivity index (χ0v) is 8.47. The third-order valence-electron chi connectivity index (χ3n) is 3.31. The molecule has 5 nitrogen and oxygen atoms in total. The van der Waals surface area contributed by atoms with Gasteiger partial charge in [0.25, 0.3) is 0 Å². The van der Waals surface area contributed by atoms with Crippen molar-refractivity contribution in [2.45, 2.75) is 12.1 Å². The predicted octanol–water partition coefficient (Wildman–Crippen LogP) is 0.662. The van der Waals surface area contributed by atoms with E-state index in [1.165, 1.54) is 0 Å². The van der Waals surface area contributed by atoms with E-state index in [1.807, 2.05) is 18.2 Å². The van der Waals surface area contributed by atoms with E-state index in [2.05, 4.69) is 4.98 Å². The quantitative estimate of drug-likeness (QED) is 0.706. The molecule has 2 atom stereocenters. The maximum Gasteiger partial charge on any atom is 0.327 e. The second-order valence-electron chi connectivity index (χ2n) is 4.21. The number of imidazole rings is 1. The molecule has 1 N–H and O–H groups in total. The van der Waals surface area contributed by atoms with E-state index in [-0.39, 0.29) is 17.8 Å². The molecule has 5 heteroatoms. The normalized spacial score (nSPS) is 26.8. The average molecular weight is 218 g/mol. The molecule has 16 heavy (non-hydrogen) atoms. The summed E-state index contributed by atoms with van der Waals surface area (Å²) < 4.78 is 13.0. The number of hydrogen-bond acceptors (Lipinski definition) is 3. The Morgan fingerprint density at radius 2 is 2.31 bits per heavy atom. The molecule has 2 aromatic rings. The molecule has 1 saturated heterocycles. The molecule has 4 rings (SSSR count). The molecule has 0 amide bonds. The minimum atomic E-state index is -0.0775. The lowest BCUT2D eigenvalue weighted by atomic mass is 10.1. The molecule has 0 spiro atoms. The number of para-hydroxylation sites is 1. The molecule has 0 saturated carbocycles. The maximum absolute atomic E-state index is 11.9. The van der Waals surface area contributed by atoms with E-state index < -0.39 is 0 Å². The van der Waals surface area contributed by atoms with Crippen molar-refractivity contribution in [2.24, 2.45) is 0 Å². The summed E-state index contributed by atoms with van der Waals surface area (Å²) in [7, 11) is 0. The lowest BCUT2D eigenvalue weighted by molar-refractivity contribution is 0.134. The van der Waals surface area contributed by atoms with E-state index in [9.17, 15) is 4.79 Å². The van der Waals surface area contributed by atoms with Gasteiger partial charge in [-0.05, 0) is 12.1 Å². The maximum atomic E-state index is 11.9. The monoisotopic (exact) mass is 218 g/mol. The number of nitrogens with zero attached hydrogens (tertiary/aromatic N) is 1. The molecule has 3 heterocycles. The molecular weight excluding hydrogens is 208 g/mol. The van der Waals surface area contributed by atoms with Crippen molar-refractivity contribution in [1.29, 1.82) is 0 Å². The Balaban J connectivity index is 2.13. The highest BCUT2D eigenvalue weighted by Gasteiger charge is 2.38. The predicted molar refractivity (Wildman–Crippen MR) is 56.8 cm³/mol. The summed E-state index contributed by atoms with van der Waals surface area (Å²) in [5.74, 6) is 0.766. The number of aromatic amines is 1. The molecule has 2 aliphatic rings. The van der Waals surface area contributed by atoms with Crippen LogP contribution in [0.2, 0.25) is 0 Å². The SMILES string of the molecule is O=c1[nH]c2cccc3c2n1[C@H]1COC[C@H]1O3. The van der Waals surface area contributed by atoms with Crippen molar-refractivity contribution >= 4 is 11.0 Å². The minimum Gasteiger partial charge on any atom is -0.483 e. The molecule has 1 aromatic carbocycles. The van der Waals surface area contributed by atoms with Gasteiger partial charge >= 0.3 is 5.69 Å². The van der Waals surface area contributed by atoms with Gasteiger partial charge in [-0.2, -0.15) is 0 Å². The highest BCUT2D eigenvalue weighted by molar-refractivity contribution is 5.82. The average Bonchev–Trinajstić information content (AvgIpc) is 2.84. The molecule has 82 valence electrons. The Morgan fingerprint density at radius 3 is 3.25 bits per heavy atom. The van der Waals surface area contributed by atoms with Gasteiger partial charge in [-0.25, -0.2) is 4.79 Å². The molecule has 0 unspecified atom stereocenters. The van der Waals surface area contributed by atoms with E-state index in [4.69, 9.17) is 9.47 Å². The Bertz CT molecular complexity index is 628. The molecule has 0 bridgehead atoms. The van der Waals surface area contributed by atoms with Crippen LogP contribution >= 0.6 is 0 Å². The van der Waals surface area contributed by atoms with Crippen LogP contribution in [0.1, 0.15) is 6.04 Å². The first-order valence-corrected chi connectivity index (χ1v) is 5.32. The van der Waals surface area contributed by atoms with Gasteiger partial charge in [0.05, 0.1) is 18.7 Å². The smallest absolute Gasteiger partial charge is 0.327 e. The fourth-order valence-corrected chi connectivity index (χ4v) is 2.60. The molecule has 0 aliphatic carbocycles. The lowest BCUT2D eigenvalue weighted by Crippen LogP contribution is -2.36. The van der Waals surface area contributed by atoms with Gasteiger partial charge in [-0.15, -0.1) is 0 Å². The van der Waals surface area contributed by atoms with Gasteiger partial charge in [-0.3, -0.25) is 4.57 Å². The number of benzene rings is 1. The van der Waals surface area contributed by atoms with E-state index >= 15 is 0 Å². The fraction of sp³-hybridized carbons (Fsp3) is 0.364. The van der Waals surface area contributed by atoms with Crippen LogP contribution in [0.15, 0.2) is 23.0 Å². The van der Waals surface area contributed by atoms with Crippen molar-refractivity contribution in [3.8, 4) is 5.75 Å². The van der Waals surface area contributed by atoms with Crippen molar-refractivity contribution in [3.05, 3.63) is 28.7 Å². The second-order valence-corrected chi connectivity index (χ2v) is 4.21. The highest BCUT2D eigenvalue weighted by atomic mass is 16.6. The van der Waals surface area contributed by atoms with Crippen LogP contribution in [0.25, 0.3) is 11.0 Å². The summed E-state index contributed by atoms with van der Waals surface area (Å²) >= 11 is 0. The third-order valence-corrected chi connectivity index (χ3v) is 3.31. The molecule has 2 aliphatic heterocycles. The summed E-state index contributed by atoms with van der Waals surface area (Å²) in [5.41, 5.74) is 1.61. The highest BCUT2D eigenvalue weighted by Crippen LogP contribution is 2.36. The standard InChI is InChI=1S/C11H10N2O3/c14-11-12-6-2-1-3-8-10(6)13(11)7-4-15-5-9(7)16-8/h1-3,7,9H,4-5H2,(H,12,14)/t7-,9+/m0/s1. The Morgan fingerprint density at radius 1 is 1.38 bits per heavy atom. The number of fused-ring (bicyclic) bond motifs is 2. The topological polar surface area (TPSA) is 56.2 Å². The second kappa shape index (κ2) is 2.68. The van der Waals surface area contributed by atoms with Crippen molar-refractivity contribution in [1.82, 2.24) is 9.55 Å². The van der Waals surface area contributed by atoms with Gasteiger partial charge in [0.2, 0.25) is 0 Å². The Labute approximate surface area is 90.6 Å². The van der Waals surface area contributed by atoms with Crippen molar-refractivity contribution in [2.75, 3.05) is 13.2 Å². The van der Waals surface area contributed by atoms with Gasteiger partial charge in [0.15, 0.2) is 0 Å². The Kier molecular flexibility index (Phi) is 1.41. The van der Waals surface area contributed by atoms with Crippen LogP contribution in [0, 0.1) is 0 Å². The number of ether oxygens (including phenoxy) is 2. The number of nitrogens with one attached hydrogen (secondary N) is 1. The van der Waals surface area contributed by atoms with Gasteiger partial charge in [0.1, 0.15) is 23.4 Å². The van der Waals surface area contributed by atoms with Crippen LogP contribution < -0.4 is 10.4 Å². The number of aromatic nitrogens is 2. The summed E-state index contributed by atoms with van der Waals surface area (Å²) in [6.45, 7) is 1.10. The van der Waals surface area contributed by atoms with E-state index in [0.717, 1.165) is 16.8 Å². The number of hydrogen-bond donors (Lipinski definition) is 1. The summed E-state index contributed by atoms with van der Waals surface area (Å²) in [4.78, 5) is 14.7. The van der Waals surface area contributed by atoms with Crippen molar-refractivity contribution in [3.63, 3.8) is 0 Å². The van der Waals surface area contributed by atoms with Gasteiger partial charge in [-0.1, -0.05) is 6.07 Å². The largest absolute Gasteiger partial charge is 0.483 e. The van der Waals surface area contributed by atoms with Crippen LogP contribution in [0.4, 0.5) is 0 Å². The van der Waals surface area contributed by atoms with Crippen LogP contribution in [-0.2, 0) is 4.74 Å². The van der Waals surface area contributed by atoms with E-state index in [0.29, 0.717) is 13.2 Å². The first kappa shape index (κ1) is 8.41. The van der Waals surface area contributed by atoms with Crippen LogP contribution in [0.5, 0.6) is 5.75 Å². The number of rotatable bonds is 0. The fourth-order valence-electron chi connectivity index (χ4n) is 2.60. The third kappa shape index (κ3) is 0.869. The zero-order chi connectivity index (χ0) is 10.7. The van der Waals surface area contributed by atoms with Crippen LogP contribution in [0.3, 0.4) is 0 Å². The number of H-pyrrole nitrogens is 1. The van der Waals surface area contributed by atoms with Crippen LogP contribution in [-0.4, -0.2) is 28.9 Å². The first-order chi connectivity index (χ1) is 7.84. The molecular formula is C11H10N2O3. The van der Waals surface area contributed by atoms with Crippen molar-refractivity contribution < 1.29 is 9.47 Å². The van der Waals surface area contributed by atoms with E-state index in [1.54, 1.807) is 4.57 Å². The Hall–Kier alpha value is -1.75. The molecule has 1 aromatic heterocycles.